The Balaban J connectivity index is 0.000000356. The third-order valence-corrected chi connectivity index (χ3v) is 21.7. The van der Waals surface area contributed by atoms with E-state index < -0.39 is 134 Å². The van der Waals surface area contributed by atoms with Gasteiger partial charge in [0.05, 0.1) is 47.3 Å². The Hall–Kier alpha value is -9.34. The van der Waals surface area contributed by atoms with Crippen LogP contribution in [0, 0.1) is 47.3 Å². The van der Waals surface area contributed by atoms with Crippen LogP contribution in [0.2, 0.25) is 0 Å². The Labute approximate surface area is 866 Å². The number of phenols is 2. The van der Waals surface area contributed by atoms with Crippen molar-refractivity contribution in [1.29, 1.82) is 0 Å². The van der Waals surface area contributed by atoms with Gasteiger partial charge in [0.2, 0.25) is 27.2 Å². The van der Waals surface area contributed by atoms with Gasteiger partial charge in [0.15, 0.2) is 0 Å². The van der Waals surface area contributed by atoms with Gasteiger partial charge in [-0.3, -0.25) is 47.9 Å². The summed E-state index contributed by atoms with van der Waals surface area (Å²) in [6, 6.07) is 83.2. The number of esters is 8. The van der Waals surface area contributed by atoms with Gasteiger partial charge in [-0.15, -0.1) is 0 Å². The van der Waals surface area contributed by atoms with Crippen LogP contribution in [0.25, 0.3) is 0 Å². The molecule has 0 fully saturated rings. The van der Waals surface area contributed by atoms with E-state index in [1.807, 2.05) is 184 Å². The van der Waals surface area contributed by atoms with E-state index in [4.69, 9.17) is 47.4 Å². The number of aromatic hydroxyl groups is 2. The van der Waals surface area contributed by atoms with Gasteiger partial charge < -0.3 is 67.2 Å². The molecule has 2 N–H and O–H groups in total. The van der Waals surface area contributed by atoms with Gasteiger partial charge in [0.25, 0.3) is 0 Å². The van der Waals surface area contributed by atoms with Crippen LogP contribution in [0.3, 0.4) is 0 Å². The number of carbonyl (C=O) groups is 12. The molecule has 24 nitrogen and oxygen atoms in total. The van der Waals surface area contributed by atoms with Crippen LogP contribution in [0.15, 0.2) is 279 Å². The Morgan fingerprint density at radius 2 is 0.431 bits per heavy atom. The van der Waals surface area contributed by atoms with Crippen LogP contribution in [-0.2, 0) is 174 Å². The number of halogens is 5. The number of ether oxygens (including phenoxy) is 10. The Morgan fingerprint density at radius 3 is 0.628 bits per heavy atom. The molecule has 0 saturated heterocycles. The predicted molar refractivity (Wildman–Crippen MR) is 552 cm³/mol. The number of rotatable bonds is 52. The molecule has 8 unspecified atom stereocenters. The fourth-order valence-electron chi connectivity index (χ4n) is 14.6. The fraction of sp³-hybridized carbons (Fsp3) is 0.321. The average molecular weight is 2510 g/mol. The average Bonchev–Trinajstić information content (AvgIpc) is 0.932. The third kappa shape index (κ3) is 47.0. The summed E-state index contributed by atoms with van der Waals surface area (Å²) >= 11 is 12.1. The molecule has 31 heteroatoms. The van der Waals surface area contributed by atoms with Crippen LogP contribution in [0.1, 0.15) is 135 Å². The second kappa shape index (κ2) is 65.6. The van der Waals surface area contributed by atoms with Crippen molar-refractivity contribution in [3.63, 3.8) is 0 Å². The van der Waals surface area contributed by atoms with E-state index in [0.29, 0.717) is 76.6 Å². The molecule has 0 amide bonds. The Morgan fingerprint density at radius 1 is 0.263 bits per heavy atom. The first kappa shape index (κ1) is 115. The molecule has 137 heavy (non-hydrogen) atoms. The van der Waals surface area contributed by atoms with Gasteiger partial charge >= 0.3 is 162 Å². The maximum atomic E-state index is 14.0. The van der Waals surface area contributed by atoms with Gasteiger partial charge in [-0.05, 0) is 182 Å². The standard InChI is InChI=1S/C60H62O12.C46H50O12.5HI.2V/c1-3-50(33-44-16-8-4-9-17-44)57(63)69-41-71-59(65)52(34-45-18-10-5-11-19-45)37-54(62)38-53(36-47-26-30-56(31-27-47)68-40-49-22-14-7-15-23-49)60(66)72-42-70-58(64)51(32-43(2)61)35-46-24-28-55(29-25-46)67-39-48-20-12-6-13-21-48;1-3-36(23-32-10-6-4-7-11-32)43(51)55-29-57-45(53)38(24-33-12-8-5-9-13-33)27-42(50)28-39(26-35-16-20-41(49)21-17-35)46(54)58-30-56-44(52)37(22-31(2)47)25-34-14-18-40(48)19-15-34;;;;;;;/h4-31,50-53H,3,32-42H2,1-2H3;4-21,36-39,48-49H,3,22-30H2,1-2H3;5*1H;;/q;;;;;;;+2;+3/p-5. The molecular formula is C106H112I5O24V2. The Kier molecular flexibility index (Phi) is 54.9. The van der Waals surface area contributed by atoms with Gasteiger partial charge in [-0.2, -0.15) is 0 Å². The third-order valence-electron chi connectivity index (χ3n) is 21.7. The van der Waals surface area contributed by atoms with Crippen LogP contribution < -0.4 is 9.47 Å². The van der Waals surface area contributed by atoms with E-state index in [9.17, 15) is 67.7 Å². The monoisotopic (exact) mass is 2510 g/mol. The normalized spacial score (nSPS) is 12.4. The number of phenolic OH excluding ortho intramolecular Hbond substituents is 2. The molecule has 0 radical (unpaired) electrons. The molecule has 725 valence electrons. The fourth-order valence-corrected chi connectivity index (χ4v) is 14.6. The van der Waals surface area contributed by atoms with Crippen molar-refractivity contribution < 1.29 is 130 Å². The molecule has 0 aromatic heterocycles. The second-order valence-electron chi connectivity index (χ2n) is 32.3. The predicted octanol–water partition coefficient (Wildman–Crippen LogP) is 21.5. The summed E-state index contributed by atoms with van der Waals surface area (Å²) in [6.45, 7) is 4.47. The summed E-state index contributed by atoms with van der Waals surface area (Å²) < 4.78 is 55.0. The van der Waals surface area contributed by atoms with Crippen LogP contribution in [-0.4, -0.2) is 108 Å². The molecule has 0 saturated carbocycles. The zero-order chi connectivity index (χ0) is 99.1. The Bertz CT molecular complexity index is 5330. The van der Waals surface area contributed by atoms with E-state index in [-0.39, 0.29) is 105 Å². The second-order valence-corrected chi connectivity index (χ2v) is 79.4. The van der Waals surface area contributed by atoms with Crippen molar-refractivity contribution in [2.75, 3.05) is 27.2 Å². The number of carbonyl (C=O) groups excluding carboxylic acids is 12. The molecule has 0 heterocycles. The quantitative estimate of drug-likeness (QED) is 0.0155. The molecule has 10 aromatic rings. The SMILES string of the molecule is CCC(Cc1ccccc1)C(=O)OCOC(=O)C(CC(=O)CC(Cc1ccc(O)cc1)C(=O)OCOC(=O)C(CC(C)=O)Cc1ccc(O)cc1)Cc1ccccc1.CCC(Cc1ccccc1)C(=O)OCOC(=O)C(CC(=O)CC(Cc1ccc(OCc2ccccc2)cc1)C(=O)OCOC(=O)C(CC(C)=O)Cc1ccc(OCc2ccccc2)cc1)Cc1ccccc1.[I][V]([I])[I].[I][V][I]. The number of benzene rings is 10. The number of hydrogen-bond acceptors (Lipinski definition) is 24. The minimum absolute atomic E-state index is 0.00707. The van der Waals surface area contributed by atoms with Gasteiger partial charge in [-0.1, -0.05) is 244 Å². The first-order valence-electron chi connectivity index (χ1n) is 44.3. The summed E-state index contributed by atoms with van der Waals surface area (Å²) in [7, 11) is 0.628. The molecule has 0 aliphatic heterocycles. The summed E-state index contributed by atoms with van der Waals surface area (Å²) in [5.41, 5.74) is 8.27. The number of hydrogen-bond donors (Lipinski definition) is 2. The van der Waals surface area contributed by atoms with Crippen molar-refractivity contribution >= 4 is 171 Å². The van der Waals surface area contributed by atoms with Crippen LogP contribution in [0.4, 0.5) is 0 Å². The van der Waals surface area contributed by atoms with Crippen molar-refractivity contribution in [3.8, 4) is 23.0 Å². The molecule has 0 aliphatic carbocycles. The van der Waals surface area contributed by atoms with Gasteiger partial charge in [0.1, 0.15) is 59.3 Å². The van der Waals surface area contributed by atoms with Crippen molar-refractivity contribution in [2.24, 2.45) is 47.3 Å². The molecule has 0 aliphatic rings. The van der Waals surface area contributed by atoms with E-state index in [1.165, 1.54) is 38.1 Å². The van der Waals surface area contributed by atoms with Crippen molar-refractivity contribution in [3.05, 3.63) is 335 Å². The minimum atomic E-state index is -1.06. The number of ketones is 4. The van der Waals surface area contributed by atoms with Gasteiger partial charge in [0, 0.05) is 38.5 Å². The summed E-state index contributed by atoms with van der Waals surface area (Å²) in [5, 5.41) is 19.4. The van der Waals surface area contributed by atoms with E-state index in [2.05, 4.69) is 99.9 Å². The molecule has 0 spiro atoms. The molecule has 10 rings (SSSR count). The summed E-state index contributed by atoms with van der Waals surface area (Å²) in [5.74, 6) is -12.3. The van der Waals surface area contributed by atoms with Crippen molar-refractivity contribution in [2.45, 2.75) is 144 Å². The van der Waals surface area contributed by atoms with Crippen LogP contribution in [0.5, 0.6) is 23.0 Å². The topological polar surface area (TPSA) is 338 Å². The molecular weight excluding hydrogens is 2390 g/mol. The van der Waals surface area contributed by atoms with E-state index >= 15 is 0 Å². The maximum absolute atomic E-state index is 14.0. The number of Topliss-reactive ketones (excluding diaryl/α,β-unsaturated/α-hetero) is 4. The zero-order valence-electron chi connectivity index (χ0n) is 76.4. The summed E-state index contributed by atoms with van der Waals surface area (Å²) in [6.07, 6.45) is 1.24. The summed E-state index contributed by atoms with van der Waals surface area (Å²) in [4.78, 5) is 158. The molecule has 10 aromatic carbocycles. The van der Waals surface area contributed by atoms with Gasteiger partial charge in [-0.25, -0.2) is 0 Å². The van der Waals surface area contributed by atoms with E-state index in [1.54, 1.807) is 84.9 Å². The van der Waals surface area contributed by atoms with Crippen LogP contribution >= 0.6 is 99.9 Å². The molecule has 8 atom stereocenters. The van der Waals surface area contributed by atoms with E-state index in [0.717, 1.165) is 38.9 Å². The zero-order valence-corrected chi connectivity index (χ0v) is 90.0. The van der Waals surface area contributed by atoms with Crippen molar-refractivity contribution in [1.82, 2.24) is 0 Å². The first-order valence-corrected chi connectivity index (χ1v) is 66.9. The first-order chi connectivity index (χ1) is 66.0. The molecule has 0 bridgehead atoms.